The van der Waals surface area contributed by atoms with Gasteiger partial charge in [-0.3, -0.25) is 0 Å². The molecule has 0 unspecified atom stereocenters. The summed E-state index contributed by atoms with van der Waals surface area (Å²) < 4.78 is 43.5. The number of halogens is 3. The summed E-state index contributed by atoms with van der Waals surface area (Å²) in [5.74, 6) is -2.22. The number of nitrogens with one attached hydrogen (secondary N) is 1. The van der Waals surface area contributed by atoms with E-state index in [2.05, 4.69) is 16.4 Å². The molecule has 0 atom stereocenters. The van der Waals surface area contributed by atoms with Gasteiger partial charge in [0, 0.05) is 49.2 Å². The second-order valence-corrected chi connectivity index (χ2v) is 8.53. The van der Waals surface area contributed by atoms with Crippen LogP contribution in [0.25, 0.3) is 0 Å². The van der Waals surface area contributed by atoms with Gasteiger partial charge in [-0.05, 0) is 60.2 Å². The molecule has 3 aromatic carbocycles. The molecule has 0 bridgehead atoms. The van der Waals surface area contributed by atoms with E-state index in [1.54, 1.807) is 41.7 Å². The first-order valence-corrected chi connectivity index (χ1v) is 11.6. The molecule has 1 N–H and O–H groups in total. The molecule has 5 nitrogen and oxygen atoms in total. The highest BCUT2D eigenvalue weighted by molar-refractivity contribution is 7.80. The van der Waals surface area contributed by atoms with Crippen LogP contribution in [-0.4, -0.2) is 26.1 Å². The van der Waals surface area contributed by atoms with Crippen LogP contribution in [0.1, 0.15) is 22.4 Å². The van der Waals surface area contributed by atoms with Crippen molar-refractivity contribution in [1.82, 2.24) is 14.5 Å². The predicted molar refractivity (Wildman–Crippen MR) is 136 cm³/mol. The summed E-state index contributed by atoms with van der Waals surface area (Å²) in [6.07, 6.45) is 4.00. The Morgan fingerprint density at radius 3 is 2.50 bits per heavy atom. The van der Waals surface area contributed by atoms with Crippen molar-refractivity contribution in [2.75, 3.05) is 11.9 Å². The standard InChI is InChI=1S/C27H22F3N5S/c28-22-8-10-23(11-9-22)33-27(36)34(17-21-2-1-3-25(29)26(21)30)13-12-24-15-32-18-35(24)16-20-6-4-19(14-31)5-7-20/h1-11,15,18H,12-13,16-17H2,(H,33,36). The monoisotopic (exact) mass is 505 g/mol. The quantitative estimate of drug-likeness (QED) is 0.313. The van der Waals surface area contributed by atoms with Crippen molar-refractivity contribution >= 4 is 23.0 Å². The summed E-state index contributed by atoms with van der Waals surface area (Å²) in [7, 11) is 0. The van der Waals surface area contributed by atoms with Crippen molar-refractivity contribution in [3.8, 4) is 6.07 Å². The van der Waals surface area contributed by atoms with E-state index in [9.17, 15) is 13.2 Å². The molecular formula is C27H22F3N5S. The topological polar surface area (TPSA) is 56.9 Å². The summed E-state index contributed by atoms with van der Waals surface area (Å²) in [4.78, 5) is 5.99. The normalized spacial score (nSPS) is 10.6. The molecule has 0 aliphatic carbocycles. The third-order valence-corrected chi connectivity index (χ3v) is 6.01. The van der Waals surface area contributed by atoms with Gasteiger partial charge in [0.2, 0.25) is 0 Å². The van der Waals surface area contributed by atoms with Crippen molar-refractivity contribution in [3.63, 3.8) is 0 Å². The van der Waals surface area contributed by atoms with Crippen molar-refractivity contribution in [1.29, 1.82) is 5.26 Å². The van der Waals surface area contributed by atoms with Gasteiger partial charge in [-0.1, -0.05) is 24.3 Å². The number of nitrogens with zero attached hydrogens (tertiary/aromatic N) is 4. The van der Waals surface area contributed by atoms with E-state index >= 15 is 0 Å². The maximum absolute atomic E-state index is 14.4. The number of hydrogen-bond donors (Lipinski definition) is 1. The third kappa shape index (κ3) is 6.29. The van der Waals surface area contributed by atoms with Crippen LogP contribution in [0.3, 0.4) is 0 Å². The highest BCUT2D eigenvalue weighted by Gasteiger charge is 2.16. The van der Waals surface area contributed by atoms with Crippen LogP contribution in [0.2, 0.25) is 0 Å². The number of benzene rings is 3. The van der Waals surface area contributed by atoms with Crippen LogP contribution >= 0.6 is 12.2 Å². The van der Waals surface area contributed by atoms with Gasteiger partial charge in [-0.25, -0.2) is 18.2 Å². The van der Waals surface area contributed by atoms with Crippen molar-refractivity contribution in [2.24, 2.45) is 0 Å². The van der Waals surface area contributed by atoms with Crippen LogP contribution < -0.4 is 5.32 Å². The van der Waals surface area contributed by atoms with E-state index < -0.39 is 11.6 Å². The van der Waals surface area contributed by atoms with Gasteiger partial charge in [0.05, 0.1) is 18.0 Å². The SMILES string of the molecule is N#Cc1ccc(Cn2cncc2CCN(Cc2cccc(F)c2F)C(=S)Nc2ccc(F)cc2)cc1. The molecule has 9 heteroatoms. The number of imidazole rings is 1. The minimum absolute atomic E-state index is 0.0420. The van der Waals surface area contributed by atoms with Gasteiger partial charge in [0.25, 0.3) is 0 Å². The zero-order valence-corrected chi connectivity index (χ0v) is 20.0. The molecular weight excluding hydrogens is 483 g/mol. The molecule has 0 saturated heterocycles. The lowest BCUT2D eigenvalue weighted by atomic mass is 10.1. The van der Waals surface area contributed by atoms with E-state index in [4.69, 9.17) is 17.5 Å². The van der Waals surface area contributed by atoms with E-state index in [-0.39, 0.29) is 17.9 Å². The first-order chi connectivity index (χ1) is 17.4. The maximum atomic E-state index is 14.4. The Hall–Kier alpha value is -4.16. The number of rotatable bonds is 8. The first kappa shape index (κ1) is 24.9. The number of nitriles is 1. The zero-order chi connectivity index (χ0) is 25.5. The van der Waals surface area contributed by atoms with Gasteiger partial charge in [0.1, 0.15) is 5.82 Å². The predicted octanol–water partition coefficient (Wildman–Crippen LogP) is 5.66. The van der Waals surface area contributed by atoms with Gasteiger partial charge in [-0.2, -0.15) is 5.26 Å². The van der Waals surface area contributed by atoms with E-state index in [0.717, 1.165) is 17.3 Å². The molecule has 0 saturated carbocycles. The third-order valence-electron chi connectivity index (χ3n) is 5.65. The Kier molecular flexibility index (Phi) is 7.98. The van der Waals surface area contributed by atoms with Crippen LogP contribution in [0.4, 0.5) is 18.9 Å². The summed E-state index contributed by atoms with van der Waals surface area (Å²) in [6.45, 7) is 1.00. The molecule has 0 aliphatic rings. The van der Waals surface area contributed by atoms with Crippen molar-refractivity contribution < 1.29 is 13.2 Å². The number of anilines is 1. The van der Waals surface area contributed by atoms with E-state index in [1.807, 2.05) is 16.7 Å². The summed E-state index contributed by atoms with van der Waals surface area (Å²) in [5, 5.41) is 12.3. The molecule has 4 aromatic rings. The smallest absolute Gasteiger partial charge is 0.173 e. The van der Waals surface area contributed by atoms with Crippen LogP contribution in [0, 0.1) is 28.8 Å². The number of hydrogen-bond acceptors (Lipinski definition) is 3. The largest absolute Gasteiger partial charge is 0.344 e. The average molecular weight is 506 g/mol. The van der Waals surface area contributed by atoms with Crippen LogP contribution in [-0.2, 0) is 19.5 Å². The van der Waals surface area contributed by atoms with Crippen molar-refractivity contribution in [2.45, 2.75) is 19.5 Å². The molecule has 182 valence electrons. The molecule has 0 aliphatic heterocycles. The fraction of sp³-hybridized carbons (Fsp3) is 0.148. The number of aromatic nitrogens is 2. The highest BCUT2D eigenvalue weighted by Crippen LogP contribution is 2.17. The maximum Gasteiger partial charge on any atom is 0.173 e. The Morgan fingerprint density at radius 2 is 1.78 bits per heavy atom. The van der Waals surface area contributed by atoms with E-state index in [1.165, 1.54) is 24.3 Å². The lowest BCUT2D eigenvalue weighted by Crippen LogP contribution is -2.36. The second-order valence-electron chi connectivity index (χ2n) is 8.14. The Morgan fingerprint density at radius 1 is 1.03 bits per heavy atom. The Bertz CT molecular complexity index is 1380. The zero-order valence-electron chi connectivity index (χ0n) is 19.2. The fourth-order valence-corrected chi connectivity index (χ4v) is 3.97. The van der Waals surface area contributed by atoms with Gasteiger partial charge < -0.3 is 14.8 Å². The molecule has 0 fully saturated rings. The molecule has 1 aromatic heterocycles. The molecule has 1 heterocycles. The van der Waals surface area contributed by atoms with Crippen LogP contribution in [0.15, 0.2) is 79.3 Å². The van der Waals surface area contributed by atoms with Gasteiger partial charge in [-0.15, -0.1) is 0 Å². The van der Waals surface area contributed by atoms with Crippen molar-refractivity contribution in [3.05, 3.63) is 119 Å². The van der Waals surface area contributed by atoms with Crippen LogP contribution in [0.5, 0.6) is 0 Å². The Balaban J connectivity index is 1.50. The average Bonchev–Trinajstić information content (AvgIpc) is 3.32. The molecule has 36 heavy (non-hydrogen) atoms. The molecule has 0 amide bonds. The summed E-state index contributed by atoms with van der Waals surface area (Å²) in [6, 6.07) is 19.2. The minimum atomic E-state index is -0.926. The number of thiocarbonyl (C=S) groups is 1. The molecule has 4 rings (SSSR count). The molecule has 0 spiro atoms. The van der Waals surface area contributed by atoms with Gasteiger partial charge >= 0.3 is 0 Å². The van der Waals surface area contributed by atoms with Gasteiger partial charge in [0.15, 0.2) is 16.7 Å². The lowest BCUT2D eigenvalue weighted by Gasteiger charge is -2.26. The highest BCUT2D eigenvalue weighted by atomic mass is 32.1. The summed E-state index contributed by atoms with van der Waals surface area (Å²) in [5.41, 5.74) is 3.28. The summed E-state index contributed by atoms with van der Waals surface area (Å²) >= 11 is 5.58. The first-order valence-electron chi connectivity index (χ1n) is 11.2. The lowest BCUT2D eigenvalue weighted by molar-refractivity contribution is 0.401. The minimum Gasteiger partial charge on any atom is -0.344 e. The fourth-order valence-electron chi connectivity index (χ4n) is 3.69. The van der Waals surface area contributed by atoms with E-state index in [0.29, 0.717) is 35.9 Å². The molecule has 0 radical (unpaired) electrons. The Labute approximate surface area is 212 Å². The second kappa shape index (κ2) is 11.5.